The number of hydrogen-bond donors (Lipinski definition) is 5. The van der Waals surface area contributed by atoms with Gasteiger partial charge in [0.25, 0.3) is 11.8 Å². The smallest absolute Gasteiger partial charge is 0.328 e. The summed E-state index contributed by atoms with van der Waals surface area (Å²) in [6.07, 6.45) is 10.8. The van der Waals surface area contributed by atoms with E-state index >= 15 is 0 Å². The van der Waals surface area contributed by atoms with E-state index in [1.165, 1.54) is 14.2 Å². The van der Waals surface area contributed by atoms with Gasteiger partial charge in [-0.3, -0.25) is 28.8 Å². The molecule has 5 amide bonds. The Bertz CT molecular complexity index is 2630. The molecule has 5 rings (SSSR count). The molecule has 1 saturated heterocycles. The summed E-state index contributed by atoms with van der Waals surface area (Å²) in [4.78, 5) is 105. The Kier molecular flexibility index (Phi) is 16.9. The number of ether oxygens (including phenoxy) is 2. The zero-order valence-electron chi connectivity index (χ0n) is 40.4. The molecule has 16 nitrogen and oxygen atoms in total. The highest BCUT2D eigenvalue weighted by molar-refractivity contribution is 6.32. The van der Waals surface area contributed by atoms with Crippen LogP contribution in [0.2, 0.25) is 0 Å². The molecule has 0 aliphatic carbocycles. The summed E-state index contributed by atoms with van der Waals surface area (Å²) in [5.41, 5.74) is 8.00. The number of carbonyl (C=O) groups excluding carboxylic acids is 7. The van der Waals surface area contributed by atoms with E-state index in [1.807, 2.05) is 39.8 Å². The third kappa shape index (κ3) is 11.6. The Hall–Kier alpha value is -6.84. The molecule has 1 fully saturated rings. The molecule has 67 heavy (non-hydrogen) atoms. The fraction of sp³-hybridized carbons (Fsp3) is 0.451. The van der Waals surface area contributed by atoms with Gasteiger partial charge in [0.2, 0.25) is 17.7 Å². The molecule has 2 aromatic heterocycles. The van der Waals surface area contributed by atoms with Crippen LogP contribution in [0.4, 0.5) is 0 Å². The molecule has 5 heterocycles. The number of nitrogens with zero attached hydrogens (tertiary/aromatic N) is 2. The lowest BCUT2D eigenvalue weighted by Crippen LogP contribution is -2.56. The van der Waals surface area contributed by atoms with Crippen molar-refractivity contribution in [1.82, 2.24) is 30.8 Å². The summed E-state index contributed by atoms with van der Waals surface area (Å²) in [6, 6.07) is -2.65. The van der Waals surface area contributed by atoms with Crippen LogP contribution in [0.3, 0.4) is 0 Å². The molecular formula is C51H65N7O9. The van der Waals surface area contributed by atoms with Crippen molar-refractivity contribution < 1.29 is 43.0 Å². The van der Waals surface area contributed by atoms with Crippen molar-refractivity contribution in [1.29, 1.82) is 0 Å². The molecule has 3 aliphatic heterocycles. The number of nitrogens with one attached hydrogen (secondary N) is 5. The van der Waals surface area contributed by atoms with Crippen molar-refractivity contribution in [2.24, 2.45) is 16.8 Å². The van der Waals surface area contributed by atoms with E-state index < -0.39 is 35.9 Å². The zero-order chi connectivity index (χ0) is 49.4. The van der Waals surface area contributed by atoms with Gasteiger partial charge < -0.3 is 40.3 Å². The third-order valence-electron chi connectivity index (χ3n) is 12.7. The van der Waals surface area contributed by atoms with Crippen LogP contribution in [0.25, 0.3) is 18.2 Å². The van der Waals surface area contributed by atoms with Gasteiger partial charge >= 0.3 is 11.9 Å². The second kappa shape index (κ2) is 22.1. The van der Waals surface area contributed by atoms with E-state index in [4.69, 9.17) is 9.47 Å². The van der Waals surface area contributed by atoms with Crippen molar-refractivity contribution in [2.45, 2.75) is 118 Å². The zero-order valence-corrected chi connectivity index (χ0v) is 40.4. The Morgan fingerprint density at radius 3 is 2.13 bits per heavy atom. The number of esters is 2. The maximum Gasteiger partial charge on any atom is 0.328 e. The Labute approximate surface area is 391 Å². The molecule has 5 N–H and O–H groups in total. The quantitative estimate of drug-likeness (QED) is 0.129. The predicted octanol–water partition coefficient (Wildman–Crippen LogP) is 3.90. The van der Waals surface area contributed by atoms with Crippen molar-refractivity contribution in [3.63, 3.8) is 0 Å². The first-order chi connectivity index (χ1) is 31.7. The number of aliphatic imine (C=N–C) groups is 1. The lowest BCUT2D eigenvalue weighted by Gasteiger charge is -2.28. The molecule has 0 unspecified atom stereocenters. The fourth-order valence-corrected chi connectivity index (χ4v) is 8.77. The van der Waals surface area contributed by atoms with Gasteiger partial charge in [-0.25, -0.2) is 9.79 Å². The van der Waals surface area contributed by atoms with E-state index in [9.17, 15) is 33.6 Å². The molecule has 0 radical (unpaired) electrons. The number of amides is 5. The largest absolute Gasteiger partial charge is 0.469 e. The van der Waals surface area contributed by atoms with E-state index in [-0.39, 0.29) is 54.8 Å². The summed E-state index contributed by atoms with van der Waals surface area (Å²) in [7, 11) is 2.59. The molecule has 358 valence electrons. The van der Waals surface area contributed by atoms with E-state index in [2.05, 4.69) is 44.1 Å². The van der Waals surface area contributed by atoms with Crippen molar-refractivity contribution in [3.8, 4) is 0 Å². The monoisotopic (exact) mass is 919 g/mol. The van der Waals surface area contributed by atoms with Crippen LogP contribution < -0.4 is 26.6 Å². The van der Waals surface area contributed by atoms with Crippen molar-refractivity contribution in [2.75, 3.05) is 20.8 Å². The average molecular weight is 920 g/mol. The number of carbonyl (C=O) groups is 7. The number of H-pyrrole nitrogens is 2. The average Bonchev–Trinajstić information content (AvgIpc) is 4.08. The molecule has 2 aromatic rings. The number of hydrogen-bond acceptors (Lipinski definition) is 9. The van der Waals surface area contributed by atoms with Crippen LogP contribution in [-0.2, 0) is 55.9 Å². The van der Waals surface area contributed by atoms with Gasteiger partial charge in [-0.05, 0) is 112 Å². The van der Waals surface area contributed by atoms with Crippen LogP contribution >= 0.6 is 0 Å². The number of aromatic nitrogens is 2. The third-order valence-corrected chi connectivity index (χ3v) is 12.7. The number of likely N-dealkylation sites (tertiary alicyclic amines) is 1. The van der Waals surface area contributed by atoms with E-state index in [1.54, 1.807) is 50.8 Å². The minimum Gasteiger partial charge on any atom is -0.469 e. The number of rotatable bonds is 19. The minimum absolute atomic E-state index is 0.0271. The second-order valence-electron chi connectivity index (χ2n) is 18.0. The van der Waals surface area contributed by atoms with Crippen LogP contribution in [0, 0.1) is 25.7 Å². The number of methoxy groups -OCH3 is 2. The maximum absolute atomic E-state index is 14.2. The number of allylic oxidation sites excluding steroid dienone is 3. The SMILES string of the molecule is C=CC1=C(C)C(=O)N=C1/C=c1\[nH]/c(=C\c2[nH]c(/C=C3\NC(=O)C(C)=C3C=C)c(C)c2CCC(=O)OC)c(CCC(=O)N2CCC[C@H]2C(=O)N[C@@H](CC(C)C)C(=O)N[C@H](C(=O)OC)C(C)C)c1C. The molecule has 0 bridgehead atoms. The standard InChI is InChI=1S/C51H65N7O9/c1-13-32-30(9)47(61)54-38(32)23-36-28(7)34(40(52-36)25-41-35(18-20-45(60)66-11)29(8)37(53-41)24-39-33(14-2)31(10)48(62)55-39)17-19-44(59)58-21-15-16-43(58)50(64)56-42(22-26(3)4)49(63)57-46(27(5)6)51(65)67-12/h13-14,23-27,42-43,46,52-53H,1-2,15-22H2,3-12H3,(H,55,62)(H,56,64)(H,57,63)/b36-23-,39-24-,40-25-/t42-,43-,46-/m0/s1. The van der Waals surface area contributed by atoms with E-state index in [0.29, 0.717) is 88.0 Å². The lowest BCUT2D eigenvalue weighted by molar-refractivity contribution is -0.147. The Balaban J connectivity index is 1.52. The minimum atomic E-state index is -0.946. The number of aromatic amines is 2. The predicted molar refractivity (Wildman–Crippen MR) is 256 cm³/mol. The van der Waals surface area contributed by atoms with Gasteiger partial charge in [-0.1, -0.05) is 53.0 Å². The van der Waals surface area contributed by atoms with Gasteiger partial charge in [0, 0.05) is 63.8 Å². The fourth-order valence-electron chi connectivity index (χ4n) is 8.77. The van der Waals surface area contributed by atoms with Crippen molar-refractivity contribution in [3.05, 3.63) is 97.6 Å². The van der Waals surface area contributed by atoms with Gasteiger partial charge in [0.05, 0.1) is 25.6 Å². The first-order valence-electron chi connectivity index (χ1n) is 22.7. The second-order valence-corrected chi connectivity index (χ2v) is 18.0. The van der Waals surface area contributed by atoms with Crippen LogP contribution in [0.5, 0.6) is 0 Å². The Morgan fingerprint density at radius 1 is 0.821 bits per heavy atom. The first-order valence-corrected chi connectivity index (χ1v) is 22.7. The molecular weight excluding hydrogens is 855 g/mol. The van der Waals surface area contributed by atoms with Crippen LogP contribution in [0.1, 0.15) is 107 Å². The summed E-state index contributed by atoms with van der Waals surface area (Å²) in [5, 5.41) is 9.86. The van der Waals surface area contributed by atoms with Crippen LogP contribution in [-0.4, -0.2) is 101 Å². The molecule has 16 heteroatoms. The topological polar surface area (TPSA) is 221 Å². The van der Waals surface area contributed by atoms with Crippen molar-refractivity contribution >= 4 is 65.4 Å². The van der Waals surface area contributed by atoms with Gasteiger partial charge in [0.1, 0.15) is 18.1 Å². The first kappa shape index (κ1) is 51.1. The molecule has 0 aromatic carbocycles. The maximum atomic E-state index is 14.2. The lowest BCUT2D eigenvalue weighted by atomic mass is 10.00. The van der Waals surface area contributed by atoms with Gasteiger partial charge in [-0.15, -0.1) is 0 Å². The Morgan fingerprint density at radius 2 is 1.51 bits per heavy atom. The normalized spacial score (nSPS) is 18.3. The highest BCUT2D eigenvalue weighted by atomic mass is 16.5. The summed E-state index contributed by atoms with van der Waals surface area (Å²) in [5.74, 6) is -2.97. The highest BCUT2D eigenvalue weighted by Gasteiger charge is 2.37. The summed E-state index contributed by atoms with van der Waals surface area (Å²) >= 11 is 0. The summed E-state index contributed by atoms with van der Waals surface area (Å²) in [6.45, 7) is 22.8. The van der Waals surface area contributed by atoms with E-state index in [0.717, 1.165) is 22.3 Å². The summed E-state index contributed by atoms with van der Waals surface area (Å²) < 4.78 is 9.88. The van der Waals surface area contributed by atoms with Gasteiger partial charge in [-0.2, -0.15) is 0 Å². The van der Waals surface area contributed by atoms with Crippen LogP contribution in [0.15, 0.2) is 58.3 Å². The molecule has 0 spiro atoms. The molecule has 3 aliphatic rings. The molecule has 3 atom stereocenters. The highest BCUT2D eigenvalue weighted by Crippen LogP contribution is 2.28. The molecule has 0 saturated carbocycles. The van der Waals surface area contributed by atoms with Gasteiger partial charge in [0.15, 0.2) is 0 Å².